The van der Waals surface area contributed by atoms with Gasteiger partial charge in [0.1, 0.15) is 11.5 Å². The molecule has 1 amide bonds. The van der Waals surface area contributed by atoms with Crippen molar-refractivity contribution < 1.29 is 9.21 Å². The van der Waals surface area contributed by atoms with E-state index in [0.717, 1.165) is 22.8 Å². The Labute approximate surface area is 156 Å². The summed E-state index contributed by atoms with van der Waals surface area (Å²) in [4.78, 5) is 12.4. The first-order valence-electron chi connectivity index (χ1n) is 8.57. The SMILES string of the molecule is Cc1cc(C)n(-c2ccc(NC(=O)c3cc(-c4ccc(C)o4)[nH]n3)cc2)n1. The van der Waals surface area contributed by atoms with E-state index < -0.39 is 0 Å². The van der Waals surface area contributed by atoms with Crippen molar-refractivity contribution in [3.05, 3.63) is 71.4 Å². The number of rotatable bonds is 4. The smallest absolute Gasteiger partial charge is 0.276 e. The molecular formula is C20H19N5O2. The van der Waals surface area contributed by atoms with Gasteiger partial charge in [0.2, 0.25) is 0 Å². The van der Waals surface area contributed by atoms with Gasteiger partial charge in [-0.3, -0.25) is 9.89 Å². The normalized spacial score (nSPS) is 10.9. The summed E-state index contributed by atoms with van der Waals surface area (Å²) >= 11 is 0. The fourth-order valence-electron chi connectivity index (χ4n) is 2.91. The number of aryl methyl sites for hydroxylation is 3. The minimum absolute atomic E-state index is 0.292. The third-order valence-corrected chi connectivity index (χ3v) is 4.20. The molecule has 0 aliphatic heterocycles. The zero-order valence-corrected chi connectivity index (χ0v) is 15.3. The molecule has 7 heteroatoms. The van der Waals surface area contributed by atoms with Gasteiger partial charge in [0, 0.05) is 17.4 Å². The summed E-state index contributed by atoms with van der Waals surface area (Å²) in [5.41, 5.74) is 4.60. The first kappa shape index (κ1) is 16.8. The van der Waals surface area contributed by atoms with E-state index in [1.54, 1.807) is 6.07 Å². The maximum absolute atomic E-state index is 12.4. The summed E-state index contributed by atoms with van der Waals surface area (Å²) in [7, 11) is 0. The van der Waals surface area contributed by atoms with Crippen molar-refractivity contribution in [2.24, 2.45) is 0 Å². The van der Waals surface area contributed by atoms with Gasteiger partial charge in [-0.1, -0.05) is 0 Å². The van der Waals surface area contributed by atoms with Gasteiger partial charge >= 0.3 is 0 Å². The highest BCUT2D eigenvalue weighted by molar-refractivity contribution is 6.03. The van der Waals surface area contributed by atoms with Crippen LogP contribution in [0, 0.1) is 20.8 Å². The first-order valence-corrected chi connectivity index (χ1v) is 8.57. The van der Waals surface area contributed by atoms with Crippen molar-refractivity contribution in [1.82, 2.24) is 20.0 Å². The maximum Gasteiger partial charge on any atom is 0.276 e. The summed E-state index contributed by atoms with van der Waals surface area (Å²) in [6.45, 7) is 5.83. The van der Waals surface area contributed by atoms with Crippen molar-refractivity contribution in [1.29, 1.82) is 0 Å². The van der Waals surface area contributed by atoms with Crippen LogP contribution in [0.15, 0.2) is 52.9 Å². The Kier molecular flexibility index (Phi) is 4.12. The molecule has 0 radical (unpaired) electrons. The molecule has 3 heterocycles. The van der Waals surface area contributed by atoms with Gasteiger partial charge in [0.15, 0.2) is 11.5 Å². The number of hydrogen-bond acceptors (Lipinski definition) is 4. The van der Waals surface area contributed by atoms with E-state index in [0.29, 0.717) is 22.8 Å². The molecule has 0 aliphatic carbocycles. The average Bonchev–Trinajstić information content (AvgIpc) is 3.35. The predicted molar refractivity (Wildman–Crippen MR) is 102 cm³/mol. The second kappa shape index (κ2) is 6.60. The lowest BCUT2D eigenvalue weighted by atomic mass is 10.2. The first-order chi connectivity index (χ1) is 13.0. The van der Waals surface area contributed by atoms with Crippen molar-refractivity contribution in [2.75, 3.05) is 5.32 Å². The Morgan fingerprint density at radius 3 is 2.48 bits per heavy atom. The third-order valence-electron chi connectivity index (χ3n) is 4.20. The van der Waals surface area contributed by atoms with Gasteiger partial charge in [-0.2, -0.15) is 10.2 Å². The molecule has 0 bridgehead atoms. The van der Waals surface area contributed by atoms with E-state index in [9.17, 15) is 4.79 Å². The summed E-state index contributed by atoms with van der Waals surface area (Å²) in [6, 6.07) is 14.9. The van der Waals surface area contributed by atoms with E-state index in [2.05, 4.69) is 20.6 Å². The number of furan rings is 1. The number of H-pyrrole nitrogens is 1. The fraction of sp³-hybridized carbons (Fsp3) is 0.150. The molecule has 0 saturated carbocycles. The van der Waals surface area contributed by atoms with Crippen LogP contribution in [0.2, 0.25) is 0 Å². The van der Waals surface area contributed by atoms with Crippen molar-refractivity contribution in [3.63, 3.8) is 0 Å². The standard InChI is InChI=1S/C20H19N5O2/c1-12-10-13(2)25(24-12)16-7-5-15(6-8-16)21-20(26)18-11-17(22-23-18)19-9-4-14(3)27-19/h4-11H,1-3H3,(H,21,26)(H,22,23). The lowest BCUT2D eigenvalue weighted by Gasteiger charge is -2.07. The predicted octanol–water partition coefficient (Wildman–Crippen LogP) is 4.03. The number of anilines is 1. The summed E-state index contributed by atoms with van der Waals surface area (Å²) in [5, 5.41) is 14.2. The van der Waals surface area contributed by atoms with Gasteiger partial charge < -0.3 is 9.73 Å². The topological polar surface area (TPSA) is 88.7 Å². The van der Waals surface area contributed by atoms with Gasteiger partial charge in [0.05, 0.1) is 11.4 Å². The number of nitrogens with zero attached hydrogens (tertiary/aromatic N) is 3. The number of aromatic nitrogens is 4. The molecule has 0 saturated heterocycles. The second-order valence-electron chi connectivity index (χ2n) is 6.42. The van der Waals surface area contributed by atoms with Gasteiger partial charge in [-0.25, -0.2) is 4.68 Å². The van der Waals surface area contributed by atoms with E-state index in [4.69, 9.17) is 4.42 Å². The number of benzene rings is 1. The lowest BCUT2D eigenvalue weighted by Crippen LogP contribution is -2.12. The zero-order valence-electron chi connectivity index (χ0n) is 15.3. The van der Waals surface area contributed by atoms with E-state index in [1.807, 2.05) is 67.9 Å². The van der Waals surface area contributed by atoms with Crippen molar-refractivity contribution in [2.45, 2.75) is 20.8 Å². The van der Waals surface area contributed by atoms with Gasteiger partial charge in [0.25, 0.3) is 5.91 Å². The van der Waals surface area contributed by atoms with Crippen molar-refractivity contribution in [3.8, 4) is 17.1 Å². The minimum atomic E-state index is -0.292. The second-order valence-corrected chi connectivity index (χ2v) is 6.42. The largest absolute Gasteiger partial charge is 0.460 e. The van der Waals surface area contributed by atoms with Crippen LogP contribution in [0.1, 0.15) is 27.6 Å². The van der Waals surface area contributed by atoms with Gasteiger partial charge in [-0.15, -0.1) is 0 Å². The Morgan fingerprint density at radius 1 is 1.07 bits per heavy atom. The molecule has 3 aromatic heterocycles. The average molecular weight is 361 g/mol. The molecule has 0 fully saturated rings. The minimum Gasteiger partial charge on any atom is -0.460 e. The highest BCUT2D eigenvalue weighted by atomic mass is 16.3. The lowest BCUT2D eigenvalue weighted by molar-refractivity contribution is 0.102. The molecule has 4 aromatic rings. The van der Waals surface area contributed by atoms with E-state index >= 15 is 0 Å². The number of nitrogens with one attached hydrogen (secondary N) is 2. The molecule has 7 nitrogen and oxygen atoms in total. The molecular weight excluding hydrogens is 342 g/mol. The Morgan fingerprint density at radius 2 is 1.85 bits per heavy atom. The maximum atomic E-state index is 12.4. The molecule has 0 spiro atoms. The Balaban J connectivity index is 1.48. The van der Waals surface area contributed by atoms with Crippen LogP contribution >= 0.6 is 0 Å². The molecule has 1 aromatic carbocycles. The molecule has 0 unspecified atom stereocenters. The molecule has 0 aliphatic rings. The quantitative estimate of drug-likeness (QED) is 0.574. The molecule has 4 rings (SSSR count). The molecule has 0 atom stereocenters. The zero-order chi connectivity index (χ0) is 19.0. The highest BCUT2D eigenvalue weighted by Gasteiger charge is 2.13. The summed E-state index contributed by atoms with van der Waals surface area (Å²) in [5.74, 6) is 1.15. The van der Waals surface area contributed by atoms with Gasteiger partial charge in [-0.05, 0) is 63.2 Å². The number of carbonyl (C=O) groups excluding carboxylic acids is 1. The summed E-state index contributed by atoms with van der Waals surface area (Å²) < 4.78 is 7.40. The van der Waals surface area contributed by atoms with Crippen LogP contribution in [-0.4, -0.2) is 25.9 Å². The highest BCUT2D eigenvalue weighted by Crippen LogP contribution is 2.21. The van der Waals surface area contributed by atoms with Crippen LogP contribution in [0.5, 0.6) is 0 Å². The van der Waals surface area contributed by atoms with E-state index in [1.165, 1.54) is 0 Å². The number of aromatic amines is 1. The van der Waals surface area contributed by atoms with Crippen LogP contribution in [-0.2, 0) is 0 Å². The number of hydrogen-bond donors (Lipinski definition) is 2. The molecule has 136 valence electrons. The molecule has 27 heavy (non-hydrogen) atoms. The Hall–Kier alpha value is -3.61. The molecule has 2 N–H and O–H groups in total. The van der Waals surface area contributed by atoms with Crippen LogP contribution in [0.3, 0.4) is 0 Å². The number of amides is 1. The number of carbonyl (C=O) groups is 1. The fourth-order valence-corrected chi connectivity index (χ4v) is 2.91. The van der Waals surface area contributed by atoms with E-state index in [-0.39, 0.29) is 5.91 Å². The van der Waals surface area contributed by atoms with Crippen LogP contribution in [0.25, 0.3) is 17.1 Å². The summed E-state index contributed by atoms with van der Waals surface area (Å²) in [6.07, 6.45) is 0. The van der Waals surface area contributed by atoms with Crippen LogP contribution in [0.4, 0.5) is 5.69 Å². The van der Waals surface area contributed by atoms with Crippen LogP contribution < -0.4 is 5.32 Å². The monoisotopic (exact) mass is 361 g/mol. The Bertz CT molecular complexity index is 1100. The third kappa shape index (κ3) is 3.39. The van der Waals surface area contributed by atoms with Crippen molar-refractivity contribution >= 4 is 11.6 Å².